The summed E-state index contributed by atoms with van der Waals surface area (Å²) in [5.74, 6) is 7.74. The predicted octanol–water partition coefficient (Wildman–Crippen LogP) is 11.9. The van der Waals surface area contributed by atoms with Crippen molar-refractivity contribution < 1.29 is 0 Å². The van der Waals surface area contributed by atoms with Crippen LogP contribution in [0.15, 0.2) is 72.8 Å². The van der Waals surface area contributed by atoms with E-state index >= 15 is 0 Å². The molecule has 0 fully saturated rings. The first kappa shape index (κ1) is 30.2. The van der Waals surface area contributed by atoms with Crippen LogP contribution in [0.5, 0.6) is 0 Å². The van der Waals surface area contributed by atoms with Gasteiger partial charge in [-0.1, -0.05) is 116 Å². The van der Waals surface area contributed by atoms with Crippen molar-refractivity contribution in [2.75, 3.05) is 0 Å². The molecule has 0 aromatic heterocycles. The molecule has 0 aliphatic heterocycles. The highest BCUT2D eigenvalue weighted by Gasteiger charge is 2.32. The predicted molar refractivity (Wildman–Crippen MR) is 194 cm³/mol. The van der Waals surface area contributed by atoms with E-state index in [0.29, 0.717) is 11.1 Å². The third-order valence-corrected chi connectivity index (χ3v) is 21.2. The molecule has 0 heterocycles. The first-order chi connectivity index (χ1) is 20.2. The van der Waals surface area contributed by atoms with E-state index in [9.17, 15) is 0 Å². The summed E-state index contributed by atoms with van der Waals surface area (Å²) in [6.07, 6.45) is 0. The minimum absolute atomic E-state index is 0.632. The summed E-state index contributed by atoms with van der Waals surface area (Å²) in [6, 6.07) is 31.9. The van der Waals surface area contributed by atoms with E-state index in [1.165, 1.54) is 78.4 Å². The zero-order valence-electron chi connectivity index (χ0n) is 26.9. The lowest BCUT2D eigenvalue weighted by Gasteiger charge is -2.27. The summed E-state index contributed by atoms with van der Waals surface area (Å²) in [7, 11) is -3.46. The quantitative estimate of drug-likeness (QED) is 0.106. The molecule has 0 aliphatic carbocycles. The molecule has 214 valence electrons. The van der Waals surface area contributed by atoms with Crippen LogP contribution < -0.4 is 0 Å². The first-order valence-corrected chi connectivity index (χ1v) is 21.1. The smallest absolute Gasteiger partial charge is 0.126 e. The Morgan fingerprint density at radius 1 is 0.476 bits per heavy atom. The molecule has 0 radical (unpaired) electrons. The average molecular weight is 583 g/mol. The molecule has 0 saturated carbocycles. The lowest BCUT2D eigenvalue weighted by Crippen LogP contribution is -2.34. The van der Waals surface area contributed by atoms with Crippen LogP contribution in [0.1, 0.15) is 66.5 Å². The number of hydrogen-bond donors (Lipinski definition) is 0. The first-order valence-electron chi connectivity index (χ1n) is 16.1. The van der Waals surface area contributed by atoms with Crippen LogP contribution in [-0.2, 0) is 0 Å². The van der Waals surface area contributed by atoms with E-state index in [-0.39, 0.29) is 0 Å². The summed E-state index contributed by atoms with van der Waals surface area (Å²) < 4.78 is 0. The molecule has 5 rings (SSSR count). The van der Waals surface area contributed by atoms with Gasteiger partial charge in [-0.15, -0.1) is 11.1 Å². The summed E-state index contributed by atoms with van der Waals surface area (Å²) in [6.45, 7) is 18.9. The maximum Gasteiger partial charge on any atom is 0.140 e. The third-order valence-electron chi connectivity index (χ3n) is 10.5. The van der Waals surface area contributed by atoms with E-state index in [1.807, 2.05) is 0 Å². The standard InChI is InChI=1S/C40H46Si2/c1-9-41(10-2,29(5)6)23-21-37-35-19-15-16-20-36(35)38(22-24-42(11-3,12-4)30(7)8)40-28-34-26-32-18-14-13-17-31(32)25-33(34)27-39(37)40/h13-20,25-30H,9-12H2,1-8H3. The maximum absolute atomic E-state index is 3.98. The Morgan fingerprint density at radius 2 is 0.833 bits per heavy atom. The van der Waals surface area contributed by atoms with Gasteiger partial charge < -0.3 is 0 Å². The zero-order chi connectivity index (χ0) is 30.1. The third kappa shape index (κ3) is 5.21. The fourth-order valence-corrected chi connectivity index (χ4v) is 13.3. The molecule has 5 aromatic rings. The summed E-state index contributed by atoms with van der Waals surface area (Å²) in [5, 5.41) is 10.1. The lowest BCUT2D eigenvalue weighted by atomic mass is 9.90. The average Bonchev–Trinajstić information content (AvgIpc) is 3.00. The van der Waals surface area contributed by atoms with Gasteiger partial charge >= 0.3 is 0 Å². The van der Waals surface area contributed by atoms with Crippen molar-refractivity contribution in [2.45, 2.75) is 90.6 Å². The molecular formula is C40H46Si2. The fraction of sp³-hybridized carbons (Fsp3) is 0.350. The monoisotopic (exact) mass is 582 g/mol. The SMILES string of the molecule is CC[Si](C#Cc1c2ccccc2c(C#C[Si](CC)(CC)C(C)C)c2cc3cc4ccccc4cc3cc12)(CC)C(C)C. The summed E-state index contributed by atoms with van der Waals surface area (Å²) in [4.78, 5) is 0. The van der Waals surface area contributed by atoms with Crippen LogP contribution in [0, 0.1) is 22.9 Å². The van der Waals surface area contributed by atoms with E-state index in [4.69, 9.17) is 0 Å². The van der Waals surface area contributed by atoms with Crippen molar-refractivity contribution in [3.63, 3.8) is 0 Å². The topological polar surface area (TPSA) is 0 Å². The van der Waals surface area contributed by atoms with Gasteiger partial charge in [0.1, 0.15) is 16.1 Å². The van der Waals surface area contributed by atoms with Gasteiger partial charge in [0.15, 0.2) is 0 Å². The van der Waals surface area contributed by atoms with Gasteiger partial charge in [-0.05, 0) is 103 Å². The Bertz CT molecular complexity index is 1760. The fourth-order valence-electron chi connectivity index (χ4n) is 7.03. The second kappa shape index (κ2) is 12.1. The second-order valence-electron chi connectivity index (χ2n) is 12.8. The van der Waals surface area contributed by atoms with Crippen molar-refractivity contribution in [3.8, 4) is 22.9 Å². The Hall–Kier alpha value is -3.31. The van der Waals surface area contributed by atoms with Crippen LogP contribution >= 0.6 is 0 Å². The zero-order valence-corrected chi connectivity index (χ0v) is 28.9. The Kier molecular flexibility index (Phi) is 8.71. The normalized spacial score (nSPS) is 12.2. The summed E-state index contributed by atoms with van der Waals surface area (Å²) in [5.41, 5.74) is 11.6. The van der Waals surface area contributed by atoms with E-state index in [2.05, 4.69) is 151 Å². The Morgan fingerprint density at radius 3 is 1.17 bits per heavy atom. The lowest BCUT2D eigenvalue weighted by molar-refractivity contribution is 0.982. The molecule has 42 heavy (non-hydrogen) atoms. The van der Waals surface area contributed by atoms with Gasteiger partial charge in [-0.25, -0.2) is 0 Å². The highest BCUT2D eigenvalue weighted by Crippen LogP contribution is 2.37. The van der Waals surface area contributed by atoms with Crippen LogP contribution in [0.25, 0.3) is 43.1 Å². The van der Waals surface area contributed by atoms with E-state index in [0.717, 1.165) is 0 Å². The van der Waals surface area contributed by atoms with Crippen molar-refractivity contribution >= 4 is 59.2 Å². The van der Waals surface area contributed by atoms with Crippen LogP contribution in [0.4, 0.5) is 0 Å². The van der Waals surface area contributed by atoms with Gasteiger partial charge in [0, 0.05) is 11.1 Å². The second-order valence-corrected chi connectivity index (χ2v) is 23.0. The van der Waals surface area contributed by atoms with Crippen LogP contribution in [0.2, 0.25) is 35.3 Å². The van der Waals surface area contributed by atoms with E-state index in [1.54, 1.807) is 0 Å². The molecule has 0 amide bonds. The molecule has 0 spiro atoms. The minimum atomic E-state index is -1.73. The van der Waals surface area contributed by atoms with E-state index < -0.39 is 16.1 Å². The number of rotatable bonds is 6. The van der Waals surface area contributed by atoms with Crippen molar-refractivity contribution in [1.29, 1.82) is 0 Å². The number of benzene rings is 5. The van der Waals surface area contributed by atoms with Crippen LogP contribution in [-0.4, -0.2) is 16.1 Å². The van der Waals surface area contributed by atoms with Gasteiger partial charge in [0.25, 0.3) is 0 Å². The van der Waals surface area contributed by atoms with Gasteiger partial charge in [0.2, 0.25) is 0 Å². The highest BCUT2D eigenvalue weighted by molar-refractivity contribution is 6.88. The molecule has 0 N–H and O–H groups in total. The molecule has 0 saturated heterocycles. The molecule has 0 unspecified atom stereocenters. The Labute approximate surface area is 255 Å². The van der Waals surface area contributed by atoms with Crippen molar-refractivity contribution in [1.82, 2.24) is 0 Å². The molecular weight excluding hydrogens is 537 g/mol. The van der Waals surface area contributed by atoms with Gasteiger partial charge in [-0.2, -0.15) is 0 Å². The molecule has 0 bridgehead atoms. The Balaban J connectivity index is 1.94. The number of fused-ring (bicyclic) bond motifs is 4. The van der Waals surface area contributed by atoms with Gasteiger partial charge in [0.05, 0.1) is 0 Å². The molecule has 0 aliphatic rings. The van der Waals surface area contributed by atoms with Crippen molar-refractivity contribution in [2.24, 2.45) is 0 Å². The molecule has 0 nitrogen and oxygen atoms in total. The summed E-state index contributed by atoms with van der Waals surface area (Å²) >= 11 is 0. The highest BCUT2D eigenvalue weighted by atomic mass is 28.3. The largest absolute Gasteiger partial charge is 0.140 e. The minimum Gasteiger partial charge on any atom is -0.126 e. The van der Waals surface area contributed by atoms with Crippen molar-refractivity contribution in [3.05, 3.63) is 83.9 Å². The maximum atomic E-state index is 3.98. The molecule has 5 aromatic carbocycles. The van der Waals surface area contributed by atoms with Crippen LogP contribution in [0.3, 0.4) is 0 Å². The molecule has 2 heteroatoms. The van der Waals surface area contributed by atoms with Gasteiger partial charge in [-0.3, -0.25) is 0 Å². The number of hydrogen-bond acceptors (Lipinski definition) is 0. The molecule has 0 atom stereocenters.